The zero-order valence-electron chi connectivity index (χ0n) is 29.2. The number of allylic oxidation sites excluding steroid dienone is 3. The Morgan fingerprint density at radius 2 is 1.42 bits per heavy atom. The number of hydrogen-bond acceptors (Lipinski definition) is 3. The lowest BCUT2D eigenvalue weighted by Crippen LogP contribution is -2.42. The molecule has 0 aromatic heterocycles. The van der Waals surface area contributed by atoms with Gasteiger partial charge in [-0.15, -0.1) is 11.8 Å². The molecule has 0 bridgehead atoms. The number of fused-ring (bicyclic) bond motifs is 11. The van der Waals surface area contributed by atoms with Crippen LogP contribution < -0.4 is 9.64 Å². The molecule has 4 unspecified atom stereocenters. The number of rotatable bonds is 4. The van der Waals surface area contributed by atoms with Gasteiger partial charge < -0.3 is 9.64 Å². The smallest absolute Gasteiger partial charge is 0.128 e. The van der Waals surface area contributed by atoms with Crippen LogP contribution in [0.15, 0.2) is 174 Å². The van der Waals surface area contributed by atoms with E-state index in [2.05, 4.69) is 183 Å². The highest BCUT2D eigenvalue weighted by Gasteiger charge is 2.42. The van der Waals surface area contributed by atoms with E-state index in [1.54, 1.807) is 0 Å². The molecule has 0 spiro atoms. The van der Waals surface area contributed by atoms with Crippen molar-refractivity contribution < 1.29 is 4.74 Å². The largest absolute Gasteiger partial charge is 0.485 e. The van der Waals surface area contributed by atoms with Gasteiger partial charge in [-0.1, -0.05) is 135 Å². The summed E-state index contributed by atoms with van der Waals surface area (Å²) in [5, 5.41) is 2.81. The lowest BCUT2D eigenvalue weighted by atomic mass is 9.82. The predicted molar refractivity (Wildman–Crippen MR) is 217 cm³/mol. The lowest BCUT2D eigenvalue weighted by Gasteiger charge is -2.39. The summed E-state index contributed by atoms with van der Waals surface area (Å²) < 4.78 is 6.82. The predicted octanol–water partition coefficient (Wildman–Crippen LogP) is 12.1. The molecule has 0 radical (unpaired) electrons. The van der Waals surface area contributed by atoms with Crippen LogP contribution in [0.4, 0.5) is 5.69 Å². The van der Waals surface area contributed by atoms with E-state index in [-0.39, 0.29) is 28.7 Å². The third-order valence-corrected chi connectivity index (χ3v) is 13.4. The molecule has 250 valence electrons. The fourth-order valence-electron chi connectivity index (χ4n) is 9.52. The zero-order valence-corrected chi connectivity index (χ0v) is 30.0. The van der Waals surface area contributed by atoms with Crippen LogP contribution in [0.25, 0.3) is 38.6 Å². The third kappa shape index (κ3) is 4.32. The fourth-order valence-corrected chi connectivity index (χ4v) is 10.9. The molecular weight excluding hydrogens is 651 g/mol. The lowest BCUT2D eigenvalue weighted by molar-refractivity contribution is 0.268. The summed E-state index contributed by atoms with van der Waals surface area (Å²) in [7, 11) is 0. The SMILES string of the molecule is CC1(C)c2ccccc2-c2ccc(N(C3=CC4c5c(cc(-c6ccccc6)c6ccccc56)OC4C=C3)C3C=CC=C4c5ccccc5SC43)cc21. The number of anilines is 1. The van der Waals surface area contributed by atoms with Gasteiger partial charge in [0, 0.05) is 33.2 Å². The summed E-state index contributed by atoms with van der Waals surface area (Å²) >= 11 is 2.00. The minimum atomic E-state index is -0.0884. The summed E-state index contributed by atoms with van der Waals surface area (Å²) in [6.45, 7) is 4.76. The van der Waals surface area contributed by atoms with Crippen molar-refractivity contribution in [2.45, 2.75) is 47.5 Å². The van der Waals surface area contributed by atoms with Gasteiger partial charge in [-0.3, -0.25) is 0 Å². The normalized spacial score (nSPS) is 22.3. The number of benzene rings is 6. The molecule has 6 aromatic rings. The molecule has 5 aliphatic rings. The first kappa shape index (κ1) is 30.1. The van der Waals surface area contributed by atoms with Crippen LogP contribution in [0.1, 0.15) is 42.0 Å². The van der Waals surface area contributed by atoms with E-state index in [1.165, 1.54) is 77.1 Å². The number of ether oxygens (including phenoxy) is 1. The molecule has 2 aliphatic heterocycles. The van der Waals surface area contributed by atoms with E-state index in [0.717, 1.165) is 5.75 Å². The highest BCUT2D eigenvalue weighted by molar-refractivity contribution is 8.01. The van der Waals surface area contributed by atoms with Gasteiger partial charge in [0.1, 0.15) is 11.9 Å². The molecule has 0 amide bonds. The van der Waals surface area contributed by atoms with Gasteiger partial charge in [-0.2, -0.15) is 0 Å². The van der Waals surface area contributed by atoms with Crippen LogP contribution >= 0.6 is 11.8 Å². The maximum Gasteiger partial charge on any atom is 0.128 e. The van der Waals surface area contributed by atoms with Crippen LogP contribution in [-0.2, 0) is 5.41 Å². The molecule has 52 heavy (non-hydrogen) atoms. The second-order valence-electron chi connectivity index (χ2n) is 15.1. The maximum absolute atomic E-state index is 6.82. The van der Waals surface area contributed by atoms with E-state index in [0.29, 0.717) is 0 Å². The van der Waals surface area contributed by atoms with Gasteiger partial charge >= 0.3 is 0 Å². The molecule has 2 nitrogen and oxygen atoms in total. The first-order chi connectivity index (χ1) is 25.5. The third-order valence-electron chi connectivity index (χ3n) is 12.0. The second kappa shape index (κ2) is 11.2. The first-order valence-electron chi connectivity index (χ1n) is 18.4. The quantitative estimate of drug-likeness (QED) is 0.183. The van der Waals surface area contributed by atoms with Crippen molar-refractivity contribution in [3.05, 3.63) is 192 Å². The van der Waals surface area contributed by atoms with Gasteiger partial charge in [-0.25, -0.2) is 0 Å². The summed E-state index contributed by atoms with van der Waals surface area (Å²) in [4.78, 5) is 3.99. The molecule has 3 aliphatic carbocycles. The van der Waals surface area contributed by atoms with Crippen molar-refractivity contribution in [1.29, 1.82) is 0 Å². The summed E-state index contributed by atoms with van der Waals surface area (Å²) in [5.74, 6) is 1.08. The van der Waals surface area contributed by atoms with Crippen LogP contribution in [0, 0.1) is 0 Å². The first-order valence-corrected chi connectivity index (χ1v) is 19.3. The summed E-state index contributed by atoms with van der Waals surface area (Å²) in [5.41, 5.74) is 14.3. The van der Waals surface area contributed by atoms with E-state index in [1.807, 2.05) is 11.8 Å². The van der Waals surface area contributed by atoms with Crippen LogP contribution in [0.5, 0.6) is 5.75 Å². The second-order valence-corrected chi connectivity index (χ2v) is 16.3. The number of nitrogens with zero attached hydrogens (tertiary/aromatic N) is 1. The van der Waals surface area contributed by atoms with Gasteiger partial charge in [0.05, 0.1) is 11.3 Å². The Kier molecular flexibility index (Phi) is 6.52. The molecule has 0 N–H and O–H groups in total. The molecule has 6 aromatic carbocycles. The summed E-state index contributed by atoms with van der Waals surface area (Å²) in [6.07, 6.45) is 14.1. The number of hydrogen-bond donors (Lipinski definition) is 0. The zero-order chi connectivity index (χ0) is 34.6. The molecule has 0 fully saturated rings. The monoisotopic (exact) mass is 687 g/mol. The Morgan fingerprint density at radius 1 is 0.673 bits per heavy atom. The Balaban J connectivity index is 1.07. The van der Waals surface area contributed by atoms with E-state index in [9.17, 15) is 0 Å². The Morgan fingerprint density at radius 3 is 2.31 bits per heavy atom. The minimum Gasteiger partial charge on any atom is -0.485 e. The Hall–Kier alpha value is -5.51. The topological polar surface area (TPSA) is 12.5 Å². The average molecular weight is 688 g/mol. The molecule has 0 saturated carbocycles. The highest BCUT2D eigenvalue weighted by Crippen LogP contribution is 2.54. The molecular formula is C49H37NOS. The van der Waals surface area contributed by atoms with Crippen molar-refractivity contribution in [2.75, 3.05) is 4.90 Å². The van der Waals surface area contributed by atoms with Gasteiger partial charge in [0.2, 0.25) is 0 Å². The van der Waals surface area contributed by atoms with Crippen LogP contribution in [-0.4, -0.2) is 17.4 Å². The van der Waals surface area contributed by atoms with E-state index < -0.39 is 0 Å². The Bertz CT molecular complexity index is 2590. The minimum absolute atomic E-state index is 0.0500. The Labute approximate surface area is 309 Å². The van der Waals surface area contributed by atoms with E-state index in [4.69, 9.17) is 4.74 Å². The molecule has 4 atom stereocenters. The van der Waals surface area contributed by atoms with Crippen LogP contribution in [0.3, 0.4) is 0 Å². The van der Waals surface area contributed by atoms with Crippen molar-refractivity contribution in [3.8, 4) is 28.0 Å². The van der Waals surface area contributed by atoms with Crippen molar-refractivity contribution in [1.82, 2.24) is 0 Å². The van der Waals surface area contributed by atoms with Crippen molar-refractivity contribution >= 4 is 33.8 Å². The van der Waals surface area contributed by atoms with Gasteiger partial charge in [-0.05, 0) is 97.8 Å². The molecule has 0 saturated heterocycles. The average Bonchev–Trinajstić information content (AvgIpc) is 3.83. The van der Waals surface area contributed by atoms with Gasteiger partial charge in [0.25, 0.3) is 0 Å². The molecule has 3 heteroatoms. The van der Waals surface area contributed by atoms with E-state index >= 15 is 0 Å². The molecule has 11 rings (SSSR count). The fraction of sp³-hybridized carbons (Fsp3) is 0.143. The van der Waals surface area contributed by atoms with Crippen molar-refractivity contribution in [2.24, 2.45) is 0 Å². The van der Waals surface area contributed by atoms with Crippen LogP contribution in [0.2, 0.25) is 0 Å². The van der Waals surface area contributed by atoms with Crippen molar-refractivity contribution in [3.63, 3.8) is 0 Å². The number of thioether (sulfide) groups is 1. The van der Waals surface area contributed by atoms with Gasteiger partial charge in [0.15, 0.2) is 0 Å². The maximum atomic E-state index is 6.82. The molecule has 2 heterocycles. The highest BCUT2D eigenvalue weighted by atomic mass is 32.2. The standard InChI is InChI=1S/C49H37NOS/c1-49(2)41-20-10-8-16-34(41)35-25-23-32(28-42(35)49)50(43-21-12-19-38-36-17-9-11-22-46(36)52-48(38)43)31-24-26-44-40(27-31)47-37-18-7-6-15-33(37)39(29-45(47)51-44)30-13-4-3-5-14-30/h3-29,40,43-44,48H,1-2H3. The summed E-state index contributed by atoms with van der Waals surface area (Å²) in [6, 6.07) is 47.0.